The fourth-order valence-corrected chi connectivity index (χ4v) is 3.64. The molecule has 0 saturated heterocycles. The van der Waals surface area contributed by atoms with Crippen LogP contribution in [0.25, 0.3) is 11.1 Å². The highest BCUT2D eigenvalue weighted by Crippen LogP contribution is 2.28. The number of hydrogen-bond donors (Lipinski definition) is 3. The van der Waals surface area contributed by atoms with E-state index in [0.29, 0.717) is 17.7 Å². The fraction of sp³-hybridized carbons (Fsp3) is 0.111. The molecule has 0 unspecified atom stereocenters. The van der Waals surface area contributed by atoms with Crippen LogP contribution in [0.1, 0.15) is 31.8 Å². The topological polar surface area (TPSA) is 92.6 Å². The third-order valence-electron chi connectivity index (χ3n) is 5.41. The van der Waals surface area contributed by atoms with Gasteiger partial charge in [0.25, 0.3) is 11.8 Å². The van der Waals surface area contributed by atoms with Crippen molar-refractivity contribution in [3.63, 3.8) is 0 Å². The number of benzene rings is 3. The molecule has 7 heteroatoms. The monoisotopic (exact) mass is 455 g/mol. The second-order valence-electron chi connectivity index (χ2n) is 7.69. The van der Waals surface area contributed by atoms with Crippen LogP contribution in [0.15, 0.2) is 89.7 Å². The molecule has 0 atom stereocenters. The van der Waals surface area contributed by atoms with Crippen molar-refractivity contribution < 1.29 is 18.8 Å². The molecule has 1 aromatic heterocycles. The maximum Gasteiger partial charge on any atom is 0.275 e. The van der Waals surface area contributed by atoms with Crippen molar-refractivity contribution in [1.29, 1.82) is 0 Å². The lowest BCUT2D eigenvalue weighted by Crippen LogP contribution is -2.22. The number of carbonyl (C=O) groups excluding carboxylic acids is 2. The molecule has 0 aliphatic heterocycles. The number of hydroxylamine groups is 1. The molecule has 4 rings (SSSR count). The summed E-state index contributed by atoms with van der Waals surface area (Å²) in [5, 5.41) is 6.37. The van der Waals surface area contributed by atoms with E-state index in [-0.39, 0.29) is 11.8 Å². The summed E-state index contributed by atoms with van der Waals surface area (Å²) in [5.41, 5.74) is 8.66. The van der Waals surface area contributed by atoms with Crippen molar-refractivity contribution in [1.82, 2.24) is 5.48 Å². The van der Waals surface area contributed by atoms with E-state index in [0.717, 1.165) is 33.6 Å². The van der Waals surface area contributed by atoms with Gasteiger partial charge in [0.05, 0.1) is 30.3 Å². The molecule has 3 N–H and O–H groups in total. The van der Waals surface area contributed by atoms with Crippen LogP contribution < -0.4 is 16.1 Å². The zero-order valence-corrected chi connectivity index (χ0v) is 18.9. The average molecular weight is 456 g/mol. The van der Waals surface area contributed by atoms with E-state index in [2.05, 4.69) is 16.1 Å². The van der Waals surface area contributed by atoms with Crippen LogP contribution >= 0.6 is 0 Å². The Bertz CT molecular complexity index is 1280. The van der Waals surface area contributed by atoms with E-state index >= 15 is 0 Å². The summed E-state index contributed by atoms with van der Waals surface area (Å²) in [7, 11) is 1.41. The molecule has 0 spiro atoms. The molecule has 0 saturated carbocycles. The molecule has 2 amide bonds. The number of furan rings is 1. The summed E-state index contributed by atoms with van der Waals surface area (Å²) in [4.78, 5) is 29.6. The minimum absolute atomic E-state index is 0.230. The first-order valence-corrected chi connectivity index (χ1v) is 10.8. The van der Waals surface area contributed by atoms with Gasteiger partial charge >= 0.3 is 0 Å². The van der Waals surface area contributed by atoms with E-state index in [1.54, 1.807) is 12.1 Å². The Morgan fingerprint density at radius 1 is 0.912 bits per heavy atom. The lowest BCUT2D eigenvalue weighted by Gasteiger charge is -2.16. The van der Waals surface area contributed by atoms with Gasteiger partial charge in [-0.2, -0.15) is 0 Å². The number of aryl methyl sites for hydroxylation is 1. The molecule has 7 nitrogen and oxygen atoms in total. The van der Waals surface area contributed by atoms with Crippen molar-refractivity contribution in [2.24, 2.45) is 0 Å². The van der Waals surface area contributed by atoms with Crippen molar-refractivity contribution in [3.05, 3.63) is 108 Å². The number of rotatable bonds is 8. The summed E-state index contributed by atoms with van der Waals surface area (Å²) < 4.78 is 5.01. The van der Waals surface area contributed by atoms with Gasteiger partial charge in [0.15, 0.2) is 0 Å². The predicted molar refractivity (Wildman–Crippen MR) is 132 cm³/mol. The Hall–Kier alpha value is -4.36. The largest absolute Gasteiger partial charge is 0.472 e. The van der Waals surface area contributed by atoms with Crippen LogP contribution in [0, 0.1) is 6.92 Å². The number of amides is 2. The molecule has 0 fully saturated rings. The number of para-hydroxylation sites is 1. The number of hydrogen-bond acceptors (Lipinski definition) is 5. The molecule has 0 aliphatic carbocycles. The Kier molecular flexibility index (Phi) is 7.05. The van der Waals surface area contributed by atoms with Gasteiger partial charge in [-0.15, -0.1) is 0 Å². The Morgan fingerprint density at radius 2 is 1.71 bits per heavy atom. The zero-order chi connectivity index (χ0) is 23.9. The Balaban J connectivity index is 1.48. The number of carbonyl (C=O) groups is 2. The molecule has 172 valence electrons. The summed E-state index contributed by atoms with van der Waals surface area (Å²) in [6.07, 6.45) is 2.89. The van der Waals surface area contributed by atoms with Crippen molar-refractivity contribution in [2.75, 3.05) is 17.7 Å². The van der Waals surface area contributed by atoms with Gasteiger partial charge in [0.2, 0.25) is 0 Å². The molecular formula is C27H25N3O4. The second-order valence-corrected chi connectivity index (χ2v) is 7.69. The molecule has 34 heavy (non-hydrogen) atoms. The lowest BCUT2D eigenvalue weighted by molar-refractivity contribution is 0.0538. The van der Waals surface area contributed by atoms with Crippen LogP contribution in [0.5, 0.6) is 0 Å². The van der Waals surface area contributed by atoms with Crippen molar-refractivity contribution in [2.45, 2.75) is 13.5 Å². The van der Waals surface area contributed by atoms with Crippen LogP contribution in [0.3, 0.4) is 0 Å². The molecule has 0 aliphatic rings. The number of nitrogens with one attached hydrogen (secondary N) is 3. The first kappa shape index (κ1) is 22.8. The SMILES string of the molecule is CONC(=O)c1ccccc1-c1ccc(CNc2cccc(C)c2NC(=O)c2ccoc2)cc1. The smallest absolute Gasteiger partial charge is 0.275 e. The Labute approximate surface area is 197 Å². The minimum Gasteiger partial charge on any atom is -0.472 e. The highest BCUT2D eigenvalue weighted by atomic mass is 16.6. The van der Waals surface area contributed by atoms with Crippen LogP contribution in [0.2, 0.25) is 0 Å². The first-order chi connectivity index (χ1) is 16.6. The van der Waals surface area contributed by atoms with Gasteiger partial charge in [-0.1, -0.05) is 54.6 Å². The summed E-state index contributed by atoms with van der Waals surface area (Å²) >= 11 is 0. The maximum absolute atomic E-state index is 12.5. The van der Waals surface area contributed by atoms with E-state index in [9.17, 15) is 9.59 Å². The molecular weight excluding hydrogens is 430 g/mol. The third-order valence-corrected chi connectivity index (χ3v) is 5.41. The highest BCUT2D eigenvalue weighted by molar-refractivity contribution is 6.06. The second kappa shape index (κ2) is 10.5. The van der Waals surface area contributed by atoms with E-state index < -0.39 is 0 Å². The summed E-state index contributed by atoms with van der Waals surface area (Å²) in [6.45, 7) is 2.51. The summed E-state index contributed by atoms with van der Waals surface area (Å²) in [5.74, 6) is -0.528. The van der Waals surface area contributed by atoms with Gasteiger partial charge in [0, 0.05) is 12.1 Å². The van der Waals surface area contributed by atoms with Gasteiger partial charge in [-0.05, 0) is 47.4 Å². The van der Waals surface area contributed by atoms with Crippen molar-refractivity contribution in [3.8, 4) is 11.1 Å². The maximum atomic E-state index is 12.5. The van der Waals surface area contributed by atoms with Gasteiger partial charge in [-0.3, -0.25) is 14.4 Å². The molecule has 3 aromatic carbocycles. The van der Waals surface area contributed by atoms with Gasteiger partial charge in [0.1, 0.15) is 6.26 Å². The van der Waals surface area contributed by atoms with E-state index in [1.807, 2.05) is 67.6 Å². The normalized spacial score (nSPS) is 10.5. The van der Waals surface area contributed by atoms with Crippen molar-refractivity contribution >= 4 is 23.2 Å². The molecule has 0 bridgehead atoms. The summed E-state index contributed by atoms with van der Waals surface area (Å²) in [6, 6.07) is 22.8. The zero-order valence-electron chi connectivity index (χ0n) is 18.9. The minimum atomic E-state index is -0.298. The van der Waals surface area contributed by atoms with Crippen LogP contribution in [-0.4, -0.2) is 18.9 Å². The van der Waals surface area contributed by atoms with Crippen LogP contribution in [-0.2, 0) is 11.4 Å². The van der Waals surface area contributed by atoms with Crippen LogP contribution in [0.4, 0.5) is 11.4 Å². The Morgan fingerprint density at radius 3 is 2.44 bits per heavy atom. The van der Waals surface area contributed by atoms with Gasteiger partial charge in [-0.25, -0.2) is 5.48 Å². The highest BCUT2D eigenvalue weighted by Gasteiger charge is 2.14. The fourth-order valence-electron chi connectivity index (χ4n) is 3.64. The standard InChI is InChI=1S/C27H25N3O4/c1-18-6-5-9-24(25(18)29-26(31)21-14-15-34-17-21)28-16-19-10-12-20(13-11-19)22-7-3-4-8-23(22)27(32)30-33-2/h3-15,17,28H,16H2,1-2H3,(H,29,31)(H,30,32). The number of anilines is 2. The van der Waals surface area contributed by atoms with E-state index in [1.165, 1.54) is 19.6 Å². The third kappa shape index (κ3) is 5.16. The first-order valence-electron chi connectivity index (χ1n) is 10.8. The predicted octanol–water partition coefficient (Wildman–Crippen LogP) is 5.41. The average Bonchev–Trinajstić information content (AvgIpc) is 3.40. The molecule has 1 heterocycles. The molecule has 0 radical (unpaired) electrons. The van der Waals surface area contributed by atoms with E-state index in [4.69, 9.17) is 9.25 Å². The molecule has 4 aromatic rings. The quantitative estimate of drug-likeness (QED) is 0.309. The van der Waals surface area contributed by atoms with Gasteiger partial charge < -0.3 is 15.1 Å². The lowest BCUT2D eigenvalue weighted by atomic mass is 9.98.